The fourth-order valence-electron chi connectivity index (χ4n) is 3.00. The monoisotopic (exact) mass is 353 g/mol. The highest BCUT2D eigenvalue weighted by atomic mass is 16.5. The van der Waals surface area contributed by atoms with Crippen molar-refractivity contribution in [1.29, 1.82) is 0 Å². The van der Waals surface area contributed by atoms with Crippen LogP contribution in [0.2, 0.25) is 0 Å². The van der Waals surface area contributed by atoms with Crippen LogP contribution in [0.4, 0.5) is 0 Å². The Bertz CT molecular complexity index is 759. The number of ether oxygens (including phenoxy) is 2. The molecule has 0 amide bonds. The summed E-state index contributed by atoms with van der Waals surface area (Å²) in [6.45, 7) is 5.16. The van der Waals surface area contributed by atoms with E-state index in [0.717, 1.165) is 55.6 Å². The second-order valence-electron chi connectivity index (χ2n) is 6.26. The molecule has 0 fully saturated rings. The topological polar surface area (TPSA) is 54.9 Å². The Morgan fingerprint density at radius 2 is 2.08 bits per heavy atom. The maximum absolute atomic E-state index is 5.56. The van der Waals surface area contributed by atoms with Gasteiger partial charge in [-0.3, -0.25) is 0 Å². The molecule has 2 aromatic carbocycles. The molecule has 138 valence electrons. The third-order valence-electron chi connectivity index (χ3n) is 4.36. The number of aliphatic imine (C=N–C) groups is 1. The van der Waals surface area contributed by atoms with Gasteiger partial charge in [-0.25, -0.2) is 4.99 Å². The van der Waals surface area contributed by atoms with Gasteiger partial charge in [0, 0.05) is 19.5 Å². The van der Waals surface area contributed by atoms with Crippen LogP contribution < -0.4 is 20.1 Å². The summed E-state index contributed by atoms with van der Waals surface area (Å²) in [5.41, 5.74) is 3.77. The normalized spacial score (nSPS) is 13.1. The largest absolute Gasteiger partial charge is 0.497 e. The predicted octanol–water partition coefficient (Wildman–Crippen LogP) is 2.93. The van der Waals surface area contributed by atoms with Crippen molar-refractivity contribution in [2.45, 2.75) is 26.3 Å². The van der Waals surface area contributed by atoms with Gasteiger partial charge in [0.05, 0.1) is 20.3 Å². The zero-order chi connectivity index (χ0) is 18.2. The Hall–Kier alpha value is -2.69. The van der Waals surface area contributed by atoms with Crippen LogP contribution in [-0.4, -0.2) is 32.8 Å². The molecule has 0 bridgehead atoms. The van der Waals surface area contributed by atoms with Crippen molar-refractivity contribution in [3.63, 3.8) is 0 Å². The van der Waals surface area contributed by atoms with E-state index in [-0.39, 0.29) is 0 Å². The molecular weight excluding hydrogens is 326 g/mol. The van der Waals surface area contributed by atoms with Gasteiger partial charge in [-0.05, 0) is 48.2 Å². The van der Waals surface area contributed by atoms with Crippen LogP contribution in [0.5, 0.6) is 11.5 Å². The molecule has 3 rings (SSSR count). The smallest absolute Gasteiger partial charge is 0.191 e. The van der Waals surface area contributed by atoms with Gasteiger partial charge in [-0.1, -0.05) is 24.3 Å². The number of hydrogen-bond donors (Lipinski definition) is 2. The third-order valence-corrected chi connectivity index (χ3v) is 4.36. The molecule has 1 aliphatic rings. The molecule has 26 heavy (non-hydrogen) atoms. The SMILES string of the molecule is CCNC(=NCc1cccc(OC)c1)NCCc1ccc2c(c1)CCO2. The van der Waals surface area contributed by atoms with Gasteiger partial charge in [-0.2, -0.15) is 0 Å². The van der Waals surface area contributed by atoms with Crippen LogP contribution >= 0.6 is 0 Å². The Morgan fingerprint density at radius 1 is 1.15 bits per heavy atom. The zero-order valence-corrected chi connectivity index (χ0v) is 15.5. The van der Waals surface area contributed by atoms with Crippen LogP contribution in [0, 0.1) is 0 Å². The van der Waals surface area contributed by atoms with Crippen LogP contribution in [0.25, 0.3) is 0 Å². The first kappa shape index (κ1) is 18.1. The molecule has 0 aliphatic carbocycles. The number of nitrogens with zero attached hydrogens (tertiary/aromatic N) is 1. The number of fused-ring (bicyclic) bond motifs is 1. The molecule has 0 unspecified atom stereocenters. The van der Waals surface area contributed by atoms with Crippen molar-refractivity contribution in [2.24, 2.45) is 4.99 Å². The molecule has 0 atom stereocenters. The lowest BCUT2D eigenvalue weighted by Crippen LogP contribution is -2.38. The first-order chi connectivity index (χ1) is 12.8. The van der Waals surface area contributed by atoms with E-state index in [1.165, 1.54) is 11.1 Å². The summed E-state index contributed by atoms with van der Waals surface area (Å²) < 4.78 is 10.8. The molecule has 2 N–H and O–H groups in total. The molecule has 2 aromatic rings. The van der Waals surface area contributed by atoms with Crippen molar-refractivity contribution >= 4 is 5.96 Å². The number of nitrogens with one attached hydrogen (secondary N) is 2. The van der Waals surface area contributed by atoms with Gasteiger partial charge in [-0.15, -0.1) is 0 Å². The van der Waals surface area contributed by atoms with Crippen molar-refractivity contribution in [2.75, 3.05) is 26.8 Å². The predicted molar refractivity (Wildman–Crippen MR) is 105 cm³/mol. The summed E-state index contributed by atoms with van der Waals surface area (Å²) in [5.74, 6) is 2.73. The second-order valence-corrected chi connectivity index (χ2v) is 6.26. The molecular formula is C21H27N3O2. The van der Waals surface area contributed by atoms with Gasteiger partial charge in [0.2, 0.25) is 0 Å². The van der Waals surface area contributed by atoms with E-state index in [1.807, 2.05) is 18.2 Å². The minimum Gasteiger partial charge on any atom is -0.497 e. The molecule has 0 aromatic heterocycles. The lowest BCUT2D eigenvalue weighted by Gasteiger charge is -2.12. The molecule has 0 spiro atoms. The highest BCUT2D eigenvalue weighted by Crippen LogP contribution is 2.25. The van der Waals surface area contributed by atoms with E-state index in [0.29, 0.717) is 6.54 Å². The quantitative estimate of drug-likeness (QED) is 0.594. The molecule has 0 saturated heterocycles. The zero-order valence-electron chi connectivity index (χ0n) is 15.5. The standard InChI is InChI=1S/C21H27N3O2/c1-3-22-21(24-15-17-5-4-6-19(14-17)25-2)23-11-9-16-7-8-20-18(13-16)10-12-26-20/h4-8,13-14H,3,9-12,15H2,1-2H3,(H2,22,23,24). The third kappa shape index (κ3) is 4.91. The summed E-state index contributed by atoms with van der Waals surface area (Å²) >= 11 is 0. The van der Waals surface area contributed by atoms with Gasteiger partial charge in [0.15, 0.2) is 5.96 Å². The average molecular weight is 353 g/mol. The summed E-state index contributed by atoms with van der Waals surface area (Å²) in [5, 5.41) is 6.71. The Labute approximate surface area is 155 Å². The lowest BCUT2D eigenvalue weighted by molar-refractivity contribution is 0.357. The van der Waals surface area contributed by atoms with E-state index < -0.39 is 0 Å². The van der Waals surface area contributed by atoms with E-state index in [9.17, 15) is 0 Å². The van der Waals surface area contributed by atoms with Crippen LogP contribution in [0.15, 0.2) is 47.5 Å². The summed E-state index contributed by atoms with van der Waals surface area (Å²) in [6.07, 6.45) is 1.97. The molecule has 5 nitrogen and oxygen atoms in total. The van der Waals surface area contributed by atoms with E-state index in [4.69, 9.17) is 9.47 Å². The molecule has 5 heteroatoms. The van der Waals surface area contributed by atoms with Crippen molar-refractivity contribution < 1.29 is 9.47 Å². The summed E-state index contributed by atoms with van der Waals surface area (Å²) in [6, 6.07) is 14.5. The van der Waals surface area contributed by atoms with Crippen LogP contribution in [0.1, 0.15) is 23.6 Å². The number of hydrogen-bond acceptors (Lipinski definition) is 3. The minimum atomic E-state index is 0.614. The molecule has 0 radical (unpaired) electrons. The van der Waals surface area contributed by atoms with Crippen LogP contribution in [-0.2, 0) is 19.4 Å². The summed E-state index contributed by atoms with van der Waals surface area (Å²) in [4.78, 5) is 4.67. The Kier molecular flexibility index (Phi) is 6.36. The number of benzene rings is 2. The minimum absolute atomic E-state index is 0.614. The first-order valence-electron chi connectivity index (χ1n) is 9.18. The number of guanidine groups is 1. The molecule has 1 heterocycles. The molecule has 1 aliphatic heterocycles. The van der Waals surface area contributed by atoms with Gasteiger partial charge < -0.3 is 20.1 Å². The maximum atomic E-state index is 5.56. The van der Waals surface area contributed by atoms with E-state index in [2.05, 4.69) is 46.8 Å². The number of rotatable bonds is 7. The summed E-state index contributed by atoms with van der Waals surface area (Å²) in [7, 11) is 1.68. The lowest BCUT2D eigenvalue weighted by atomic mass is 10.1. The van der Waals surface area contributed by atoms with Gasteiger partial charge in [0.25, 0.3) is 0 Å². The van der Waals surface area contributed by atoms with E-state index in [1.54, 1.807) is 7.11 Å². The van der Waals surface area contributed by atoms with Gasteiger partial charge >= 0.3 is 0 Å². The van der Waals surface area contributed by atoms with E-state index >= 15 is 0 Å². The van der Waals surface area contributed by atoms with Crippen molar-refractivity contribution in [1.82, 2.24) is 10.6 Å². The van der Waals surface area contributed by atoms with Gasteiger partial charge in [0.1, 0.15) is 11.5 Å². The fraction of sp³-hybridized carbons (Fsp3) is 0.381. The molecule has 0 saturated carbocycles. The average Bonchev–Trinajstić information content (AvgIpc) is 3.14. The maximum Gasteiger partial charge on any atom is 0.191 e. The first-order valence-corrected chi connectivity index (χ1v) is 9.18. The fourth-order valence-corrected chi connectivity index (χ4v) is 3.00. The highest BCUT2D eigenvalue weighted by molar-refractivity contribution is 5.79. The second kappa shape index (κ2) is 9.13. The number of methoxy groups -OCH3 is 1. The van der Waals surface area contributed by atoms with Crippen LogP contribution in [0.3, 0.4) is 0 Å². The highest BCUT2D eigenvalue weighted by Gasteiger charge is 2.11. The van der Waals surface area contributed by atoms with Crippen molar-refractivity contribution in [3.8, 4) is 11.5 Å². The van der Waals surface area contributed by atoms with Crippen molar-refractivity contribution in [3.05, 3.63) is 59.2 Å². The Morgan fingerprint density at radius 3 is 2.92 bits per heavy atom. The Balaban J connectivity index is 1.54.